The molecule has 1 rings (SSSR count). The summed E-state index contributed by atoms with van der Waals surface area (Å²) in [5.74, 6) is -0.0764. The molecular formula is C24H40N2O4S. The lowest BCUT2D eigenvalue weighted by Gasteiger charge is -2.26. The average Bonchev–Trinajstić information content (AvgIpc) is 3.15. The van der Waals surface area contributed by atoms with Crippen LogP contribution in [-0.2, 0) is 20.7 Å². The van der Waals surface area contributed by atoms with Crippen LogP contribution in [0, 0.1) is 5.92 Å². The lowest BCUT2D eigenvalue weighted by molar-refractivity contribution is -0.129. The van der Waals surface area contributed by atoms with Crippen LogP contribution in [0.4, 0.5) is 4.79 Å². The standard InChI is InChI=1S/C24H40N2O4S/c1-7-8-13-19(21(27)14-9-11-18-12-10-15-31-18)25-22(28)20(16-17(2)3)26-23(29)30-24(4,5)6/h10,12,15,17,19-20H,7-9,11,13-14,16H2,1-6H3,(H,25,28)(H,26,29)/t19-,20-/m0/s1. The van der Waals surface area contributed by atoms with E-state index in [2.05, 4.69) is 23.6 Å². The maximum atomic E-state index is 13.0. The topological polar surface area (TPSA) is 84.5 Å². The van der Waals surface area contributed by atoms with Gasteiger partial charge in [-0.25, -0.2) is 4.79 Å². The van der Waals surface area contributed by atoms with Gasteiger partial charge < -0.3 is 15.4 Å². The van der Waals surface area contributed by atoms with E-state index in [9.17, 15) is 14.4 Å². The van der Waals surface area contributed by atoms with Gasteiger partial charge >= 0.3 is 6.09 Å². The van der Waals surface area contributed by atoms with Crippen molar-refractivity contribution < 1.29 is 19.1 Å². The Morgan fingerprint density at radius 2 is 1.81 bits per heavy atom. The molecule has 0 fully saturated rings. The molecule has 1 heterocycles. The summed E-state index contributed by atoms with van der Waals surface area (Å²) in [6.07, 6.45) is 4.33. The normalized spacial score (nSPS) is 13.5. The predicted octanol–water partition coefficient (Wildman–Crippen LogP) is 5.25. The SMILES string of the molecule is CCCC[C@H](NC(=O)[C@H](CC(C)C)NC(=O)OC(C)(C)C)C(=O)CCCc1cccs1. The molecule has 0 radical (unpaired) electrons. The Morgan fingerprint density at radius 3 is 2.35 bits per heavy atom. The molecule has 1 aromatic heterocycles. The van der Waals surface area contributed by atoms with Crippen molar-refractivity contribution in [2.24, 2.45) is 5.92 Å². The number of Topliss-reactive ketones (excluding diaryl/α,β-unsaturated/α-hetero) is 1. The summed E-state index contributed by atoms with van der Waals surface area (Å²) in [7, 11) is 0. The van der Waals surface area contributed by atoms with Gasteiger partial charge in [0, 0.05) is 11.3 Å². The van der Waals surface area contributed by atoms with Crippen molar-refractivity contribution in [3.63, 3.8) is 0 Å². The number of thiophene rings is 1. The minimum absolute atomic E-state index is 0.0546. The molecule has 2 atom stereocenters. The van der Waals surface area contributed by atoms with E-state index in [0.717, 1.165) is 25.7 Å². The Labute approximate surface area is 191 Å². The molecule has 0 unspecified atom stereocenters. The largest absolute Gasteiger partial charge is 0.444 e. The van der Waals surface area contributed by atoms with Gasteiger partial charge in [-0.2, -0.15) is 0 Å². The van der Waals surface area contributed by atoms with Gasteiger partial charge in [0.2, 0.25) is 5.91 Å². The van der Waals surface area contributed by atoms with E-state index in [-0.39, 0.29) is 17.6 Å². The zero-order chi connectivity index (χ0) is 23.4. The Morgan fingerprint density at radius 1 is 1.10 bits per heavy atom. The van der Waals surface area contributed by atoms with Crippen LogP contribution in [0.25, 0.3) is 0 Å². The summed E-state index contributed by atoms with van der Waals surface area (Å²) < 4.78 is 5.31. The highest BCUT2D eigenvalue weighted by atomic mass is 32.1. The van der Waals surface area contributed by atoms with Gasteiger partial charge in [0.1, 0.15) is 11.6 Å². The molecule has 0 bridgehead atoms. The fourth-order valence-corrected chi connectivity index (χ4v) is 3.96. The Bertz CT molecular complexity index is 680. The minimum Gasteiger partial charge on any atom is -0.444 e. The summed E-state index contributed by atoms with van der Waals surface area (Å²) in [6, 6.07) is 2.83. The van der Waals surface area contributed by atoms with Crippen LogP contribution in [0.3, 0.4) is 0 Å². The van der Waals surface area contributed by atoms with Gasteiger partial charge in [0.15, 0.2) is 5.78 Å². The number of unbranched alkanes of at least 4 members (excludes halogenated alkanes) is 1. The van der Waals surface area contributed by atoms with E-state index in [4.69, 9.17) is 4.74 Å². The highest BCUT2D eigenvalue weighted by Crippen LogP contribution is 2.15. The number of nitrogens with one attached hydrogen (secondary N) is 2. The molecule has 1 aromatic rings. The van der Waals surface area contributed by atoms with Gasteiger partial charge in [0.25, 0.3) is 0 Å². The third-order valence-corrected chi connectivity index (χ3v) is 5.63. The van der Waals surface area contributed by atoms with Crippen LogP contribution in [0.1, 0.15) is 84.9 Å². The van der Waals surface area contributed by atoms with Gasteiger partial charge in [-0.3, -0.25) is 9.59 Å². The van der Waals surface area contributed by atoms with Crippen molar-refractivity contribution >= 4 is 29.1 Å². The molecule has 0 aliphatic heterocycles. The van der Waals surface area contributed by atoms with Gasteiger partial charge in [-0.05, 0) is 63.8 Å². The Hall–Kier alpha value is -1.89. The zero-order valence-corrected chi connectivity index (χ0v) is 20.8. The molecule has 0 spiro atoms. The molecule has 0 saturated carbocycles. The number of amides is 2. The molecule has 2 amide bonds. The number of alkyl carbamates (subject to hydrolysis) is 1. The van der Waals surface area contributed by atoms with Crippen LogP contribution < -0.4 is 10.6 Å². The maximum absolute atomic E-state index is 13.0. The highest BCUT2D eigenvalue weighted by Gasteiger charge is 2.28. The number of carbonyl (C=O) groups excluding carboxylic acids is 3. The second kappa shape index (κ2) is 13.5. The number of ether oxygens (including phenoxy) is 1. The van der Waals surface area contributed by atoms with Crippen molar-refractivity contribution in [1.82, 2.24) is 10.6 Å². The fourth-order valence-electron chi connectivity index (χ4n) is 3.21. The minimum atomic E-state index is -0.738. The molecule has 0 aromatic carbocycles. The van der Waals surface area contributed by atoms with E-state index >= 15 is 0 Å². The molecule has 0 saturated heterocycles. The number of carbonyl (C=O) groups is 3. The van der Waals surface area contributed by atoms with Crippen LogP contribution in [0.2, 0.25) is 0 Å². The predicted molar refractivity (Wildman–Crippen MR) is 126 cm³/mol. The fraction of sp³-hybridized carbons (Fsp3) is 0.708. The number of hydrogen-bond acceptors (Lipinski definition) is 5. The summed E-state index contributed by atoms with van der Waals surface area (Å²) in [6.45, 7) is 11.4. The quantitative estimate of drug-likeness (QED) is 0.428. The Kier molecular flexibility index (Phi) is 11.8. The third-order valence-electron chi connectivity index (χ3n) is 4.69. The summed E-state index contributed by atoms with van der Waals surface area (Å²) in [5, 5.41) is 7.63. The molecule has 31 heavy (non-hydrogen) atoms. The first kappa shape index (κ1) is 27.1. The molecule has 7 heteroatoms. The second-order valence-corrected chi connectivity index (χ2v) is 10.5. The summed E-state index contributed by atoms with van der Waals surface area (Å²) in [5.41, 5.74) is -0.648. The maximum Gasteiger partial charge on any atom is 0.408 e. The number of rotatable bonds is 13. The van der Waals surface area contributed by atoms with Crippen LogP contribution in [-0.4, -0.2) is 35.5 Å². The van der Waals surface area contributed by atoms with E-state index in [1.165, 1.54) is 4.88 Å². The Balaban J connectivity index is 2.74. The first-order chi connectivity index (χ1) is 14.5. The number of ketones is 1. The van der Waals surface area contributed by atoms with Crippen molar-refractivity contribution in [3.8, 4) is 0 Å². The molecular weight excluding hydrogens is 412 g/mol. The van der Waals surface area contributed by atoms with E-state index in [1.807, 2.05) is 25.3 Å². The summed E-state index contributed by atoms with van der Waals surface area (Å²) >= 11 is 1.69. The van der Waals surface area contributed by atoms with Gasteiger partial charge in [-0.15, -0.1) is 11.3 Å². The van der Waals surface area contributed by atoms with Crippen molar-refractivity contribution in [1.29, 1.82) is 0 Å². The lowest BCUT2D eigenvalue weighted by atomic mass is 9.99. The highest BCUT2D eigenvalue weighted by molar-refractivity contribution is 7.09. The first-order valence-electron chi connectivity index (χ1n) is 11.4. The number of aryl methyl sites for hydroxylation is 1. The smallest absolute Gasteiger partial charge is 0.408 e. The zero-order valence-electron chi connectivity index (χ0n) is 20.0. The monoisotopic (exact) mass is 452 g/mol. The van der Waals surface area contributed by atoms with Gasteiger partial charge in [0.05, 0.1) is 6.04 Å². The van der Waals surface area contributed by atoms with Crippen molar-refractivity contribution in [3.05, 3.63) is 22.4 Å². The van der Waals surface area contributed by atoms with Crippen molar-refractivity contribution in [2.75, 3.05) is 0 Å². The molecule has 0 aliphatic carbocycles. The van der Waals surface area contributed by atoms with Crippen LogP contribution in [0.15, 0.2) is 17.5 Å². The van der Waals surface area contributed by atoms with Crippen LogP contribution in [0.5, 0.6) is 0 Å². The number of hydrogen-bond donors (Lipinski definition) is 2. The average molecular weight is 453 g/mol. The summed E-state index contributed by atoms with van der Waals surface area (Å²) in [4.78, 5) is 39.3. The lowest BCUT2D eigenvalue weighted by Crippen LogP contribution is -2.52. The van der Waals surface area contributed by atoms with E-state index in [1.54, 1.807) is 32.1 Å². The first-order valence-corrected chi connectivity index (χ1v) is 12.2. The van der Waals surface area contributed by atoms with E-state index in [0.29, 0.717) is 19.3 Å². The molecule has 6 nitrogen and oxygen atoms in total. The van der Waals surface area contributed by atoms with Crippen LogP contribution >= 0.6 is 11.3 Å². The second-order valence-electron chi connectivity index (χ2n) is 9.43. The van der Waals surface area contributed by atoms with Gasteiger partial charge in [-0.1, -0.05) is 39.7 Å². The van der Waals surface area contributed by atoms with E-state index < -0.39 is 23.8 Å². The molecule has 176 valence electrons. The van der Waals surface area contributed by atoms with Crippen molar-refractivity contribution in [2.45, 2.75) is 104 Å². The molecule has 0 aliphatic rings. The molecule has 2 N–H and O–H groups in total. The third kappa shape index (κ3) is 11.9.